The molecule has 0 unspecified atom stereocenters. The van der Waals surface area contributed by atoms with Crippen LogP contribution < -0.4 is 4.74 Å². The third-order valence-electron chi connectivity index (χ3n) is 2.54. The van der Waals surface area contributed by atoms with Crippen LogP contribution in [0, 0.1) is 6.07 Å². The second-order valence-electron chi connectivity index (χ2n) is 4.19. The monoisotopic (exact) mass is 311 g/mol. The maximum atomic E-state index is 11.8. The highest BCUT2D eigenvalue weighted by Crippen LogP contribution is 2.30. The van der Waals surface area contributed by atoms with Crippen molar-refractivity contribution in [3.63, 3.8) is 0 Å². The lowest BCUT2D eigenvalue weighted by Crippen LogP contribution is -2.02. The highest BCUT2D eigenvalue weighted by atomic mass is 35.5. The van der Waals surface area contributed by atoms with E-state index in [1.165, 1.54) is 12.1 Å². The molecule has 0 aliphatic heterocycles. The molecule has 0 bridgehead atoms. The summed E-state index contributed by atoms with van der Waals surface area (Å²) in [5, 5.41) is 9.62. The van der Waals surface area contributed by atoms with E-state index < -0.39 is 9.84 Å². The van der Waals surface area contributed by atoms with Gasteiger partial charge in [0.25, 0.3) is 0 Å². The number of rotatable bonds is 4. The maximum absolute atomic E-state index is 11.8. The van der Waals surface area contributed by atoms with Gasteiger partial charge in [0.1, 0.15) is 10.6 Å². The molecule has 0 amide bonds. The molecule has 0 atom stereocenters. The van der Waals surface area contributed by atoms with Crippen LogP contribution in [0.25, 0.3) is 0 Å². The molecule has 0 heterocycles. The molecule has 6 heteroatoms. The summed E-state index contributed by atoms with van der Waals surface area (Å²) in [6.07, 6.45) is 1.08. The fourth-order valence-electron chi connectivity index (χ4n) is 1.57. The molecular weight excluding hydrogens is 300 g/mol. The van der Waals surface area contributed by atoms with Gasteiger partial charge in [-0.1, -0.05) is 11.6 Å². The zero-order valence-corrected chi connectivity index (χ0v) is 12.2. The van der Waals surface area contributed by atoms with E-state index >= 15 is 0 Å². The molecule has 0 spiro atoms. The summed E-state index contributed by atoms with van der Waals surface area (Å²) in [7, 11) is -3.49. The van der Waals surface area contributed by atoms with Gasteiger partial charge in [0.05, 0.1) is 6.61 Å². The molecule has 0 aliphatic rings. The summed E-state index contributed by atoms with van der Waals surface area (Å²) in [6, 6.07) is 12.1. The van der Waals surface area contributed by atoms with Crippen LogP contribution in [0.5, 0.6) is 11.5 Å². The van der Waals surface area contributed by atoms with Crippen molar-refractivity contribution in [2.24, 2.45) is 0 Å². The molecule has 2 aromatic rings. The second-order valence-corrected chi connectivity index (χ2v) is 6.61. The number of sulfone groups is 1. The average Bonchev–Trinajstić information content (AvgIpc) is 2.40. The highest BCUT2D eigenvalue weighted by molar-refractivity contribution is 7.90. The molecule has 2 aromatic carbocycles. The quantitative estimate of drug-likeness (QED) is 0.943. The van der Waals surface area contributed by atoms with Gasteiger partial charge in [-0.05, 0) is 42.0 Å². The van der Waals surface area contributed by atoms with Gasteiger partial charge in [-0.25, -0.2) is 8.42 Å². The van der Waals surface area contributed by atoms with Crippen molar-refractivity contribution in [1.82, 2.24) is 0 Å². The van der Waals surface area contributed by atoms with Crippen LogP contribution in [-0.2, 0) is 16.4 Å². The number of ether oxygens (including phenoxy) is 1. The lowest BCUT2D eigenvalue weighted by molar-refractivity contribution is 0.281. The Hall–Kier alpha value is -1.56. The molecule has 0 aliphatic carbocycles. The van der Waals surface area contributed by atoms with Crippen LogP contribution >= 0.6 is 11.6 Å². The minimum atomic E-state index is -3.49. The summed E-state index contributed by atoms with van der Waals surface area (Å²) in [5.74, 6) is 0.541. The van der Waals surface area contributed by atoms with Gasteiger partial charge in [0.2, 0.25) is 0 Å². The van der Waals surface area contributed by atoms with Gasteiger partial charge in [-0.2, -0.15) is 0 Å². The van der Waals surface area contributed by atoms with Crippen LogP contribution in [0.4, 0.5) is 0 Å². The lowest BCUT2D eigenvalue weighted by atomic mass is 10.2. The van der Waals surface area contributed by atoms with E-state index in [9.17, 15) is 8.42 Å². The van der Waals surface area contributed by atoms with Gasteiger partial charge in [0, 0.05) is 17.3 Å². The molecule has 4 nitrogen and oxygen atoms in total. The Morgan fingerprint density at radius 2 is 1.95 bits per heavy atom. The van der Waals surface area contributed by atoms with E-state index in [0.29, 0.717) is 16.3 Å². The average molecular weight is 312 g/mol. The number of hydrogen-bond acceptors (Lipinski definition) is 4. The summed E-state index contributed by atoms with van der Waals surface area (Å²) in [6.45, 7) is -0.264. The minimum absolute atomic E-state index is 0.0148. The third kappa shape index (κ3) is 3.50. The Kier molecular flexibility index (Phi) is 4.32. The van der Waals surface area contributed by atoms with E-state index in [1.54, 1.807) is 24.3 Å². The first kappa shape index (κ1) is 14.8. The number of aliphatic hydroxyl groups excluding tert-OH is 1. The van der Waals surface area contributed by atoms with E-state index in [-0.39, 0.29) is 17.3 Å². The van der Waals surface area contributed by atoms with Crippen molar-refractivity contribution < 1.29 is 18.3 Å². The summed E-state index contributed by atoms with van der Waals surface area (Å²) < 4.78 is 29.0. The van der Waals surface area contributed by atoms with Gasteiger partial charge >= 0.3 is 0 Å². The van der Waals surface area contributed by atoms with Crippen LogP contribution in [0.3, 0.4) is 0 Å². The molecule has 1 N–H and O–H groups in total. The molecule has 0 saturated carbocycles. The molecular formula is C14H12ClO4S. The topological polar surface area (TPSA) is 63.6 Å². The lowest BCUT2D eigenvalue weighted by Gasteiger charge is -2.11. The molecule has 0 fully saturated rings. The van der Waals surface area contributed by atoms with Crippen LogP contribution in [0.15, 0.2) is 41.3 Å². The van der Waals surface area contributed by atoms with Gasteiger partial charge in [0.15, 0.2) is 15.6 Å². The van der Waals surface area contributed by atoms with E-state index in [1.807, 2.05) is 0 Å². The zero-order valence-electron chi connectivity index (χ0n) is 10.6. The van der Waals surface area contributed by atoms with E-state index in [2.05, 4.69) is 6.07 Å². The minimum Gasteiger partial charge on any atom is -0.455 e. The maximum Gasteiger partial charge on any atom is 0.179 e. The number of halogens is 1. The van der Waals surface area contributed by atoms with E-state index in [0.717, 1.165) is 6.26 Å². The summed E-state index contributed by atoms with van der Waals surface area (Å²) >= 11 is 5.77. The van der Waals surface area contributed by atoms with E-state index in [4.69, 9.17) is 21.4 Å². The molecule has 105 valence electrons. The third-order valence-corrected chi connectivity index (χ3v) is 3.90. The van der Waals surface area contributed by atoms with Gasteiger partial charge in [-0.15, -0.1) is 0 Å². The Labute approximate surface area is 122 Å². The predicted molar refractivity (Wildman–Crippen MR) is 75.8 cm³/mol. The Balaban J connectivity index is 2.43. The smallest absolute Gasteiger partial charge is 0.179 e. The first-order valence-electron chi connectivity index (χ1n) is 5.69. The largest absolute Gasteiger partial charge is 0.455 e. The van der Waals surface area contributed by atoms with Crippen LogP contribution in [-0.4, -0.2) is 19.8 Å². The van der Waals surface area contributed by atoms with Crippen molar-refractivity contribution in [1.29, 1.82) is 0 Å². The second kappa shape index (κ2) is 5.83. The fraction of sp³-hybridized carbons (Fsp3) is 0.143. The van der Waals surface area contributed by atoms with Crippen molar-refractivity contribution in [3.8, 4) is 11.5 Å². The number of hydrogen-bond donors (Lipinski definition) is 1. The number of aliphatic hydroxyl groups is 1. The predicted octanol–water partition coefficient (Wildman–Crippen LogP) is 2.83. The highest BCUT2D eigenvalue weighted by Gasteiger charge is 2.16. The van der Waals surface area contributed by atoms with Crippen molar-refractivity contribution in [3.05, 3.63) is 53.1 Å². The molecule has 2 rings (SSSR count). The molecule has 1 radical (unpaired) electrons. The van der Waals surface area contributed by atoms with Crippen molar-refractivity contribution >= 4 is 21.4 Å². The molecule has 20 heavy (non-hydrogen) atoms. The fourth-order valence-corrected chi connectivity index (χ4v) is 2.50. The van der Waals surface area contributed by atoms with Crippen LogP contribution in [0.2, 0.25) is 5.02 Å². The zero-order chi connectivity index (χ0) is 14.8. The summed E-state index contributed by atoms with van der Waals surface area (Å²) in [4.78, 5) is -0.0148. The van der Waals surface area contributed by atoms with Crippen molar-refractivity contribution in [2.45, 2.75) is 11.5 Å². The van der Waals surface area contributed by atoms with Gasteiger partial charge in [-0.3, -0.25) is 0 Å². The Bertz CT molecular complexity index is 708. The normalized spacial score (nSPS) is 11.3. The number of benzene rings is 2. The standard InChI is InChI=1S/C14H12ClO4S/c1-20(17,18)14-8-10(9-16)2-7-13(14)19-12-5-3-11(15)4-6-12/h2-6,8,16H,9H2,1H3. The SMILES string of the molecule is CS(=O)(=O)c1cc(CO)c[c]c1Oc1ccc(Cl)cc1. The summed E-state index contributed by atoms with van der Waals surface area (Å²) in [5.41, 5.74) is 0.453. The first-order chi connectivity index (χ1) is 9.40. The first-order valence-corrected chi connectivity index (χ1v) is 7.96. The molecule has 0 aromatic heterocycles. The van der Waals surface area contributed by atoms with Gasteiger partial charge < -0.3 is 9.84 Å². The Morgan fingerprint density at radius 1 is 1.30 bits per heavy atom. The molecule has 0 saturated heterocycles. The van der Waals surface area contributed by atoms with Crippen molar-refractivity contribution in [2.75, 3.05) is 6.26 Å². The van der Waals surface area contributed by atoms with Crippen LogP contribution in [0.1, 0.15) is 5.56 Å². The Morgan fingerprint density at radius 3 is 2.50 bits per heavy atom.